The van der Waals surface area contributed by atoms with Crippen LogP contribution in [0.2, 0.25) is 0 Å². The Kier molecular flexibility index (Phi) is 9.11. The average molecular weight is 374 g/mol. The van der Waals surface area contributed by atoms with E-state index in [1.165, 1.54) is 25.9 Å². The molecule has 1 aliphatic heterocycles. The van der Waals surface area contributed by atoms with Crippen LogP contribution in [0.15, 0.2) is 29.3 Å². The summed E-state index contributed by atoms with van der Waals surface area (Å²) in [5, 5.41) is 9.37. The van der Waals surface area contributed by atoms with Crippen molar-refractivity contribution in [3.63, 3.8) is 0 Å². The van der Waals surface area contributed by atoms with Gasteiger partial charge in [0.2, 0.25) is 0 Å². The normalized spacial score (nSPS) is 18.2. The first-order valence-corrected chi connectivity index (χ1v) is 10.2. The van der Waals surface area contributed by atoms with E-state index in [2.05, 4.69) is 40.8 Å². The molecule has 6 nitrogen and oxygen atoms in total. The predicted octanol–water partition coefficient (Wildman–Crippen LogP) is 1.88. The van der Waals surface area contributed by atoms with Gasteiger partial charge in [0.05, 0.1) is 6.54 Å². The Balaban J connectivity index is 1.79. The van der Waals surface area contributed by atoms with Gasteiger partial charge in [-0.25, -0.2) is 0 Å². The monoisotopic (exact) mass is 373 g/mol. The maximum atomic E-state index is 11.7. The van der Waals surface area contributed by atoms with E-state index in [0.29, 0.717) is 5.56 Å². The zero-order valence-corrected chi connectivity index (χ0v) is 17.1. The van der Waals surface area contributed by atoms with E-state index in [-0.39, 0.29) is 5.91 Å². The molecule has 0 aromatic heterocycles. The summed E-state index contributed by atoms with van der Waals surface area (Å²) in [6.07, 6.45) is 3.50. The minimum Gasteiger partial charge on any atom is -0.357 e. The highest BCUT2D eigenvalue weighted by Crippen LogP contribution is 2.14. The highest BCUT2D eigenvalue weighted by molar-refractivity contribution is 5.94. The van der Waals surface area contributed by atoms with Crippen molar-refractivity contribution in [1.29, 1.82) is 0 Å². The minimum absolute atomic E-state index is 0.0493. The van der Waals surface area contributed by atoms with Crippen LogP contribution in [0, 0.1) is 5.92 Å². The molecule has 2 rings (SSSR count). The van der Waals surface area contributed by atoms with E-state index in [0.717, 1.165) is 50.0 Å². The molecule has 0 bridgehead atoms. The van der Waals surface area contributed by atoms with Gasteiger partial charge >= 0.3 is 0 Å². The first-order chi connectivity index (χ1) is 13.1. The topological polar surface area (TPSA) is 68.8 Å². The van der Waals surface area contributed by atoms with Crippen LogP contribution in [-0.4, -0.2) is 63.1 Å². The molecule has 3 N–H and O–H groups in total. The first kappa shape index (κ1) is 21.2. The number of piperidine rings is 1. The quantitative estimate of drug-likeness (QED) is 0.481. The molecule has 1 atom stereocenters. The average Bonchev–Trinajstić information content (AvgIpc) is 2.67. The molecule has 6 heteroatoms. The zero-order chi connectivity index (χ0) is 19.5. The number of nitrogens with one attached hydrogen (secondary N) is 3. The number of likely N-dealkylation sites (tertiary alicyclic amines) is 1. The molecule has 1 amide bonds. The molecule has 27 heavy (non-hydrogen) atoms. The lowest BCUT2D eigenvalue weighted by Gasteiger charge is -2.30. The number of rotatable bonds is 8. The summed E-state index contributed by atoms with van der Waals surface area (Å²) in [6, 6.07) is 7.76. The van der Waals surface area contributed by atoms with Gasteiger partial charge in [0, 0.05) is 38.8 Å². The summed E-state index contributed by atoms with van der Waals surface area (Å²) in [6.45, 7) is 10.3. The third-order valence-corrected chi connectivity index (χ3v) is 4.89. The summed E-state index contributed by atoms with van der Waals surface area (Å²) in [7, 11) is 1.65. The van der Waals surface area contributed by atoms with E-state index < -0.39 is 0 Å². The molecule has 1 saturated heterocycles. The molecule has 1 aromatic carbocycles. The van der Waals surface area contributed by atoms with Crippen LogP contribution in [0.25, 0.3) is 0 Å². The molecule has 0 spiro atoms. The third kappa shape index (κ3) is 7.59. The van der Waals surface area contributed by atoms with E-state index in [4.69, 9.17) is 4.99 Å². The van der Waals surface area contributed by atoms with Crippen molar-refractivity contribution in [3.8, 4) is 0 Å². The van der Waals surface area contributed by atoms with Crippen LogP contribution >= 0.6 is 0 Å². The van der Waals surface area contributed by atoms with Crippen molar-refractivity contribution < 1.29 is 4.79 Å². The van der Waals surface area contributed by atoms with Crippen molar-refractivity contribution in [1.82, 2.24) is 20.9 Å². The summed E-state index contributed by atoms with van der Waals surface area (Å²) in [5.41, 5.74) is 1.84. The van der Waals surface area contributed by atoms with Crippen molar-refractivity contribution in [2.45, 2.75) is 33.1 Å². The summed E-state index contributed by atoms with van der Waals surface area (Å²) < 4.78 is 0. The Morgan fingerprint density at radius 3 is 2.93 bits per heavy atom. The van der Waals surface area contributed by atoms with E-state index in [1.54, 1.807) is 7.05 Å². The Morgan fingerprint density at radius 1 is 1.33 bits per heavy atom. The maximum Gasteiger partial charge on any atom is 0.251 e. The van der Waals surface area contributed by atoms with E-state index in [9.17, 15) is 4.79 Å². The van der Waals surface area contributed by atoms with Crippen LogP contribution in [0.5, 0.6) is 0 Å². The summed E-state index contributed by atoms with van der Waals surface area (Å²) in [4.78, 5) is 19.0. The highest BCUT2D eigenvalue weighted by atomic mass is 16.1. The molecule has 1 aliphatic rings. The van der Waals surface area contributed by atoms with Crippen molar-refractivity contribution in [2.75, 3.05) is 46.3 Å². The van der Waals surface area contributed by atoms with Gasteiger partial charge in [-0.15, -0.1) is 0 Å². The number of carbonyl (C=O) groups is 1. The van der Waals surface area contributed by atoms with Crippen molar-refractivity contribution >= 4 is 11.9 Å². The third-order valence-electron chi connectivity index (χ3n) is 4.89. The fraction of sp³-hybridized carbons (Fsp3) is 0.619. The number of hydrogen-bond acceptors (Lipinski definition) is 3. The van der Waals surface area contributed by atoms with Crippen molar-refractivity contribution in [2.24, 2.45) is 10.9 Å². The van der Waals surface area contributed by atoms with Gasteiger partial charge in [-0.3, -0.25) is 9.79 Å². The number of guanidine groups is 1. The largest absolute Gasteiger partial charge is 0.357 e. The van der Waals surface area contributed by atoms with E-state index >= 15 is 0 Å². The van der Waals surface area contributed by atoms with Crippen LogP contribution < -0.4 is 16.0 Å². The number of carbonyl (C=O) groups excluding carboxylic acids is 1. The molecular formula is C21H35N5O. The predicted molar refractivity (Wildman–Crippen MR) is 112 cm³/mol. The number of hydrogen-bond donors (Lipinski definition) is 3. The Bertz CT molecular complexity index is 616. The van der Waals surface area contributed by atoms with Crippen LogP contribution in [-0.2, 0) is 6.42 Å². The number of benzene rings is 1. The Labute approximate surface area is 163 Å². The lowest BCUT2D eigenvalue weighted by molar-refractivity contribution is 0.0963. The second-order valence-corrected chi connectivity index (χ2v) is 7.26. The Morgan fingerprint density at radius 2 is 2.19 bits per heavy atom. The maximum absolute atomic E-state index is 11.7. The molecule has 150 valence electrons. The second-order valence-electron chi connectivity index (χ2n) is 7.26. The van der Waals surface area contributed by atoms with E-state index in [1.807, 2.05) is 18.2 Å². The number of aliphatic imine (C=N–C) groups is 1. The summed E-state index contributed by atoms with van der Waals surface area (Å²) in [5.74, 6) is 1.62. The smallest absolute Gasteiger partial charge is 0.251 e. The Hall–Kier alpha value is -2.08. The second kappa shape index (κ2) is 11.6. The van der Waals surface area contributed by atoms with Crippen LogP contribution in [0.4, 0.5) is 0 Å². The molecule has 1 heterocycles. The van der Waals surface area contributed by atoms with Gasteiger partial charge in [-0.05, 0) is 56.3 Å². The molecular weight excluding hydrogens is 338 g/mol. The lowest BCUT2D eigenvalue weighted by Crippen LogP contribution is -2.40. The standard InChI is InChI=1S/C21H35N5O/c1-4-23-21(25-12-14-26-13-6-7-17(2)16-26)24-11-10-18-8-5-9-19(15-18)20(27)22-3/h5,8-9,15,17H,4,6-7,10-14,16H2,1-3H3,(H,22,27)(H2,23,24,25). The number of amides is 1. The first-order valence-electron chi connectivity index (χ1n) is 10.2. The van der Waals surface area contributed by atoms with Crippen LogP contribution in [0.1, 0.15) is 42.6 Å². The van der Waals surface area contributed by atoms with Crippen LogP contribution in [0.3, 0.4) is 0 Å². The number of nitrogens with zero attached hydrogens (tertiary/aromatic N) is 2. The molecule has 1 fully saturated rings. The molecule has 0 saturated carbocycles. The fourth-order valence-electron chi connectivity index (χ4n) is 3.47. The van der Waals surface area contributed by atoms with Gasteiger partial charge in [0.1, 0.15) is 0 Å². The SMILES string of the molecule is CCNC(=NCCN1CCCC(C)C1)NCCc1cccc(C(=O)NC)c1. The van der Waals surface area contributed by atoms with Gasteiger partial charge in [0.25, 0.3) is 5.91 Å². The molecule has 1 aromatic rings. The summed E-state index contributed by atoms with van der Waals surface area (Å²) >= 11 is 0. The van der Waals surface area contributed by atoms with Gasteiger partial charge in [-0.1, -0.05) is 19.1 Å². The van der Waals surface area contributed by atoms with Gasteiger partial charge in [0.15, 0.2) is 5.96 Å². The molecule has 0 aliphatic carbocycles. The molecule has 1 unspecified atom stereocenters. The zero-order valence-electron chi connectivity index (χ0n) is 17.1. The lowest BCUT2D eigenvalue weighted by atomic mass is 10.0. The van der Waals surface area contributed by atoms with Gasteiger partial charge in [-0.2, -0.15) is 0 Å². The fourth-order valence-corrected chi connectivity index (χ4v) is 3.47. The van der Waals surface area contributed by atoms with Crippen molar-refractivity contribution in [3.05, 3.63) is 35.4 Å². The molecule has 0 radical (unpaired) electrons. The minimum atomic E-state index is -0.0493. The highest BCUT2D eigenvalue weighted by Gasteiger charge is 2.15. The van der Waals surface area contributed by atoms with Gasteiger partial charge < -0.3 is 20.9 Å².